The minimum atomic E-state index is -1.44. The van der Waals surface area contributed by atoms with Gasteiger partial charge in [0.1, 0.15) is 5.41 Å². The van der Waals surface area contributed by atoms with E-state index in [4.69, 9.17) is 4.74 Å². The lowest BCUT2D eigenvalue weighted by molar-refractivity contribution is -0.168. The van der Waals surface area contributed by atoms with E-state index in [-0.39, 0.29) is 19.6 Å². The van der Waals surface area contributed by atoms with E-state index < -0.39 is 23.1 Å². The number of hydrogen-bond donors (Lipinski definition) is 0. The summed E-state index contributed by atoms with van der Waals surface area (Å²) in [5, 5.41) is 0. The molecule has 0 aliphatic heterocycles. The number of ketones is 1. The van der Waals surface area contributed by atoms with E-state index in [1.807, 2.05) is 0 Å². The van der Waals surface area contributed by atoms with Crippen LogP contribution in [0.2, 0.25) is 0 Å². The summed E-state index contributed by atoms with van der Waals surface area (Å²) in [4.78, 5) is 34.6. The molecule has 0 unspecified atom stereocenters. The topological polar surface area (TPSA) is 69.7 Å². The maximum atomic E-state index is 11.7. The van der Waals surface area contributed by atoms with Crippen molar-refractivity contribution in [3.05, 3.63) is 0 Å². The second-order valence-corrected chi connectivity index (χ2v) is 3.46. The van der Waals surface area contributed by atoms with E-state index in [0.717, 1.165) is 0 Å². The van der Waals surface area contributed by atoms with Gasteiger partial charge in [0.15, 0.2) is 0 Å². The number of esters is 2. The standard InChI is InChI=1S/C11H18O5/c1-5-11(4,10(14)16-7-3)8(12)9(13)15-6-2/h5-7H2,1-4H3/t11-/m1/s1. The largest absolute Gasteiger partial charge is 0.465 e. The Bertz CT molecular complexity index is 284. The van der Waals surface area contributed by atoms with Crippen molar-refractivity contribution in [2.45, 2.75) is 34.1 Å². The molecule has 5 nitrogen and oxygen atoms in total. The summed E-state index contributed by atoms with van der Waals surface area (Å²) in [5.74, 6) is -2.52. The molecular formula is C11H18O5. The molecule has 0 saturated heterocycles. The third-order valence-corrected chi connectivity index (χ3v) is 2.40. The normalized spacial score (nSPS) is 13.8. The Morgan fingerprint density at radius 3 is 1.88 bits per heavy atom. The van der Waals surface area contributed by atoms with Crippen LogP contribution in [0.1, 0.15) is 34.1 Å². The molecule has 0 aromatic heterocycles. The summed E-state index contributed by atoms with van der Waals surface area (Å²) in [5.41, 5.74) is -1.44. The molecule has 0 aromatic carbocycles. The Morgan fingerprint density at radius 2 is 1.50 bits per heavy atom. The maximum Gasteiger partial charge on any atom is 0.375 e. The first-order valence-corrected chi connectivity index (χ1v) is 5.32. The summed E-state index contributed by atoms with van der Waals surface area (Å²) >= 11 is 0. The predicted molar refractivity (Wildman–Crippen MR) is 56.7 cm³/mol. The average molecular weight is 230 g/mol. The number of hydrogen-bond acceptors (Lipinski definition) is 5. The molecule has 0 heterocycles. The van der Waals surface area contributed by atoms with E-state index in [2.05, 4.69) is 4.74 Å². The number of ether oxygens (including phenoxy) is 2. The van der Waals surface area contributed by atoms with Crippen LogP contribution >= 0.6 is 0 Å². The molecule has 0 bridgehead atoms. The number of Topliss-reactive ketones (excluding diaryl/α,β-unsaturated/α-hetero) is 1. The zero-order valence-electron chi connectivity index (χ0n) is 10.2. The highest BCUT2D eigenvalue weighted by atomic mass is 16.5. The smallest absolute Gasteiger partial charge is 0.375 e. The van der Waals surface area contributed by atoms with Gasteiger partial charge < -0.3 is 9.47 Å². The molecule has 0 aliphatic carbocycles. The van der Waals surface area contributed by atoms with Crippen LogP contribution in [0.5, 0.6) is 0 Å². The summed E-state index contributed by atoms with van der Waals surface area (Å²) in [6.45, 7) is 6.55. The molecular weight excluding hydrogens is 212 g/mol. The molecule has 0 radical (unpaired) electrons. The van der Waals surface area contributed by atoms with Crippen molar-refractivity contribution in [2.24, 2.45) is 5.41 Å². The molecule has 92 valence electrons. The van der Waals surface area contributed by atoms with Crippen LogP contribution in [0, 0.1) is 5.41 Å². The highest BCUT2D eigenvalue weighted by Crippen LogP contribution is 2.25. The summed E-state index contributed by atoms with van der Waals surface area (Å²) in [6, 6.07) is 0. The third-order valence-electron chi connectivity index (χ3n) is 2.40. The lowest BCUT2D eigenvalue weighted by Gasteiger charge is -2.22. The highest BCUT2D eigenvalue weighted by Gasteiger charge is 2.45. The van der Waals surface area contributed by atoms with Gasteiger partial charge >= 0.3 is 11.9 Å². The zero-order valence-corrected chi connectivity index (χ0v) is 10.2. The van der Waals surface area contributed by atoms with Crippen molar-refractivity contribution >= 4 is 17.7 Å². The molecule has 0 aromatic rings. The average Bonchev–Trinajstić information content (AvgIpc) is 2.27. The summed E-state index contributed by atoms with van der Waals surface area (Å²) < 4.78 is 9.36. The lowest BCUT2D eigenvalue weighted by Crippen LogP contribution is -2.42. The SMILES string of the molecule is CCOC(=O)C(=O)[C@@](C)(CC)C(=O)OCC. The number of carbonyl (C=O) groups excluding carboxylic acids is 3. The fourth-order valence-corrected chi connectivity index (χ4v) is 1.11. The minimum absolute atomic E-state index is 0.104. The second-order valence-electron chi connectivity index (χ2n) is 3.46. The van der Waals surface area contributed by atoms with Gasteiger partial charge in [-0.2, -0.15) is 0 Å². The van der Waals surface area contributed by atoms with Crippen molar-refractivity contribution in [2.75, 3.05) is 13.2 Å². The highest BCUT2D eigenvalue weighted by molar-refractivity contribution is 6.39. The van der Waals surface area contributed by atoms with Crippen LogP contribution in [0.25, 0.3) is 0 Å². The van der Waals surface area contributed by atoms with Crippen LogP contribution < -0.4 is 0 Å². The van der Waals surface area contributed by atoms with Gasteiger partial charge in [-0.3, -0.25) is 9.59 Å². The first-order valence-electron chi connectivity index (χ1n) is 5.32. The zero-order chi connectivity index (χ0) is 12.8. The lowest BCUT2D eigenvalue weighted by atomic mass is 9.83. The quantitative estimate of drug-likeness (QED) is 0.388. The van der Waals surface area contributed by atoms with Crippen LogP contribution in [0.15, 0.2) is 0 Å². The summed E-state index contributed by atoms with van der Waals surface area (Å²) in [7, 11) is 0. The van der Waals surface area contributed by atoms with Crippen molar-refractivity contribution in [1.82, 2.24) is 0 Å². The molecule has 16 heavy (non-hydrogen) atoms. The second kappa shape index (κ2) is 6.25. The van der Waals surface area contributed by atoms with Gasteiger partial charge in [0.2, 0.25) is 0 Å². The van der Waals surface area contributed by atoms with Crippen molar-refractivity contribution in [3.63, 3.8) is 0 Å². The van der Waals surface area contributed by atoms with Crippen LogP contribution in [0.4, 0.5) is 0 Å². The van der Waals surface area contributed by atoms with E-state index in [9.17, 15) is 14.4 Å². The monoisotopic (exact) mass is 230 g/mol. The van der Waals surface area contributed by atoms with Gasteiger partial charge in [-0.25, -0.2) is 4.79 Å². The van der Waals surface area contributed by atoms with Gasteiger partial charge in [-0.1, -0.05) is 6.92 Å². The van der Waals surface area contributed by atoms with Crippen molar-refractivity contribution in [1.29, 1.82) is 0 Å². The maximum absolute atomic E-state index is 11.7. The van der Waals surface area contributed by atoms with Crippen LogP contribution in [-0.2, 0) is 23.9 Å². The Morgan fingerprint density at radius 1 is 1.00 bits per heavy atom. The van der Waals surface area contributed by atoms with Crippen molar-refractivity contribution < 1.29 is 23.9 Å². The first-order chi connectivity index (χ1) is 7.43. The Labute approximate surface area is 95.1 Å². The first kappa shape index (κ1) is 14.6. The Hall–Kier alpha value is -1.39. The molecule has 0 N–H and O–H groups in total. The van der Waals surface area contributed by atoms with Gasteiger partial charge in [0.25, 0.3) is 5.78 Å². The Balaban J connectivity index is 4.88. The minimum Gasteiger partial charge on any atom is -0.465 e. The fourth-order valence-electron chi connectivity index (χ4n) is 1.11. The summed E-state index contributed by atoms with van der Waals surface area (Å²) in [6.07, 6.45) is 0.198. The molecule has 0 spiro atoms. The van der Waals surface area contributed by atoms with Gasteiger partial charge in [0, 0.05) is 0 Å². The number of rotatable bonds is 6. The van der Waals surface area contributed by atoms with Gasteiger partial charge in [0.05, 0.1) is 13.2 Å². The van der Waals surface area contributed by atoms with E-state index in [1.165, 1.54) is 6.92 Å². The van der Waals surface area contributed by atoms with Gasteiger partial charge in [-0.05, 0) is 27.2 Å². The van der Waals surface area contributed by atoms with E-state index in [0.29, 0.717) is 0 Å². The molecule has 0 saturated carbocycles. The Kier molecular flexibility index (Phi) is 5.71. The molecule has 0 rings (SSSR count). The van der Waals surface area contributed by atoms with Gasteiger partial charge in [-0.15, -0.1) is 0 Å². The number of carbonyl (C=O) groups is 3. The fraction of sp³-hybridized carbons (Fsp3) is 0.727. The molecule has 0 aliphatic rings. The predicted octanol–water partition coefficient (Wildman–Crippen LogP) is 1.10. The third kappa shape index (κ3) is 3.05. The molecule has 1 atom stereocenters. The molecule has 5 heteroatoms. The van der Waals surface area contributed by atoms with E-state index >= 15 is 0 Å². The molecule has 0 amide bonds. The molecule has 0 fully saturated rings. The van der Waals surface area contributed by atoms with E-state index in [1.54, 1.807) is 20.8 Å². The van der Waals surface area contributed by atoms with Crippen LogP contribution in [-0.4, -0.2) is 30.9 Å². The van der Waals surface area contributed by atoms with Crippen LogP contribution in [0.3, 0.4) is 0 Å². The van der Waals surface area contributed by atoms with Crippen molar-refractivity contribution in [3.8, 4) is 0 Å².